The van der Waals surface area contributed by atoms with Crippen LogP contribution in [-0.4, -0.2) is 23.5 Å². The maximum absolute atomic E-state index is 13.3. The fraction of sp³-hybridized carbons (Fsp3) is 0.429. The van der Waals surface area contributed by atoms with Crippen LogP contribution in [0.4, 0.5) is 4.39 Å². The summed E-state index contributed by atoms with van der Waals surface area (Å²) < 4.78 is 13.3. The number of hydrogen-bond acceptors (Lipinski definition) is 2. The molecule has 4 nitrogen and oxygen atoms in total. The molecule has 0 heterocycles. The summed E-state index contributed by atoms with van der Waals surface area (Å²) in [6.45, 7) is 1.97. The second-order valence-corrected chi connectivity index (χ2v) is 4.40. The standard InChI is InChI=1S/C14H18FNO3/c1-2-5-11(14(18)19)9-16-13(17)8-10-6-3-4-7-12(10)15/h3-4,6-7,11H,2,5,8-9H2,1H3,(H,16,17)(H,18,19). The van der Waals surface area contributed by atoms with Crippen molar-refractivity contribution in [3.05, 3.63) is 35.6 Å². The highest BCUT2D eigenvalue weighted by Gasteiger charge is 2.17. The lowest BCUT2D eigenvalue weighted by Gasteiger charge is -2.12. The van der Waals surface area contributed by atoms with Crippen LogP contribution < -0.4 is 5.32 Å². The molecule has 1 aromatic rings. The zero-order valence-electron chi connectivity index (χ0n) is 10.9. The fourth-order valence-electron chi connectivity index (χ4n) is 1.78. The molecule has 1 unspecified atom stereocenters. The molecule has 0 radical (unpaired) electrons. The topological polar surface area (TPSA) is 66.4 Å². The first kappa shape index (κ1) is 15.1. The highest BCUT2D eigenvalue weighted by molar-refractivity contribution is 5.79. The molecule has 0 aliphatic heterocycles. The molecule has 1 rings (SSSR count). The summed E-state index contributed by atoms with van der Waals surface area (Å²) in [5.41, 5.74) is 0.308. The summed E-state index contributed by atoms with van der Waals surface area (Å²) in [5, 5.41) is 11.5. The fourth-order valence-corrected chi connectivity index (χ4v) is 1.78. The normalized spacial score (nSPS) is 11.9. The highest BCUT2D eigenvalue weighted by Crippen LogP contribution is 2.08. The molecule has 104 valence electrons. The molecule has 0 saturated heterocycles. The van der Waals surface area contributed by atoms with Crippen molar-refractivity contribution in [2.24, 2.45) is 5.92 Å². The van der Waals surface area contributed by atoms with Crippen LogP contribution in [0.3, 0.4) is 0 Å². The Bertz CT molecular complexity index is 448. The van der Waals surface area contributed by atoms with Gasteiger partial charge in [-0.05, 0) is 18.1 Å². The average Bonchev–Trinajstić information content (AvgIpc) is 2.37. The molecular weight excluding hydrogens is 249 g/mol. The molecular formula is C14H18FNO3. The van der Waals surface area contributed by atoms with E-state index in [-0.39, 0.29) is 18.9 Å². The van der Waals surface area contributed by atoms with Crippen LogP contribution in [0.1, 0.15) is 25.3 Å². The molecule has 0 fully saturated rings. The Morgan fingerprint density at radius 1 is 1.37 bits per heavy atom. The highest BCUT2D eigenvalue weighted by atomic mass is 19.1. The molecule has 0 aliphatic rings. The third-order valence-electron chi connectivity index (χ3n) is 2.84. The summed E-state index contributed by atoms with van der Waals surface area (Å²) in [4.78, 5) is 22.5. The lowest BCUT2D eigenvalue weighted by molar-refractivity contribution is -0.141. The van der Waals surface area contributed by atoms with Gasteiger partial charge in [-0.25, -0.2) is 4.39 Å². The predicted molar refractivity (Wildman–Crippen MR) is 69.1 cm³/mol. The maximum Gasteiger partial charge on any atom is 0.308 e. The third-order valence-corrected chi connectivity index (χ3v) is 2.84. The van der Waals surface area contributed by atoms with Gasteiger partial charge in [0.15, 0.2) is 0 Å². The number of carboxylic acids is 1. The average molecular weight is 267 g/mol. The van der Waals surface area contributed by atoms with E-state index in [0.717, 1.165) is 6.42 Å². The molecule has 5 heteroatoms. The Hall–Kier alpha value is -1.91. The number of rotatable bonds is 7. The lowest BCUT2D eigenvalue weighted by atomic mass is 10.0. The van der Waals surface area contributed by atoms with Gasteiger partial charge in [0.05, 0.1) is 12.3 Å². The van der Waals surface area contributed by atoms with Gasteiger partial charge in [0.1, 0.15) is 5.82 Å². The smallest absolute Gasteiger partial charge is 0.308 e. The van der Waals surface area contributed by atoms with Gasteiger partial charge < -0.3 is 10.4 Å². The Morgan fingerprint density at radius 3 is 2.63 bits per heavy atom. The van der Waals surface area contributed by atoms with Gasteiger partial charge in [-0.1, -0.05) is 31.5 Å². The Labute approximate surface area is 111 Å². The van der Waals surface area contributed by atoms with Crippen LogP contribution in [0.5, 0.6) is 0 Å². The number of halogens is 1. The maximum atomic E-state index is 13.3. The summed E-state index contributed by atoms with van der Waals surface area (Å²) in [6.07, 6.45) is 1.17. The second-order valence-electron chi connectivity index (χ2n) is 4.40. The Kier molecular flexibility index (Phi) is 5.99. The minimum atomic E-state index is -0.923. The van der Waals surface area contributed by atoms with Gasteiger partial charge in [0.25, 0.3) is 0 Å². The zero-order chi connectivity index (χ0) is 14.3. The molecule has 19 heavy (non-hydrogen) atoms. The van der Waals surface area contributed by atoms with Gasteiger partial charge in [-0.3, -0.25) is 9.59 Å². The molecule has 0 aromatic heterocycles. The van der Waals surface area contributed by atoms with E-state index in [1.165, 1.54) is 12.1 Å². The first-order valence-electron chi connectivity index (χ1n) is 6.27. The van der Waals surface area contributed by atoms with Crippen molar-refractivity contribution in [1.29, 1.82) is 0 Å². The number of amides is 1. The van der Waals surface area contributed by atoms with Crippen LogP contribution in [0.2, 0.25) is 0 Å². The molecule has 1 aromatic carbocycles. The minimum Gasteiger partial charge on any atom is -0.481 e. The number of carboxylic acid groups (broad SMARTS) is 1. The van der Waals surface area contributed by atoms with Crippen molar-refractivity contribution >= 4 is 11.9 Å². The molecule has 0 saturated carbocycles. The van der Waals surface area contributed by atoms with Crippen LogP contribution in [0, 0.1) is 11.7 Å². The summed E-state index contributed by atoms with van der Waals surface area (Å²) >= 11 is 0. The van der Waals surface area contributed by atoms with Crippen molar-refractivity contribution in [2.45, 2.75) is 26.2 Å². The number of aliphatic carboxylic acids is 1. The van der Waals surface area contributed by atoms with Gasteiger partial charge in [0, 0.05) is 6.54 Å². The quantitative estimate of drug-likeness (QED) is 0.794. The van der Waals surface area contributed by atoms with Crippen LogP contribution in [0.25, 0.3) is 0 Å². The number of benzene rings is 1. The van der Waals surface area contributed by atoms with Crippen molar-refractivity contribution in [1.82, 2.24) is 5.32 Å². The predicted octanol–water partition coefficient (Wildman–Crippen LogP) is 1.99. The van der Waals surface area contributed by atoms with E-state index in [1.807, 2.05) is 6.92 Å². The molecule has 0 spiro atoms. The molecule has 2 N–H and O–H groups in total. The van der Waals surface area contributed by atoms with Gasteiger partial charge in [0.2, 0.25) is 5.91 Å². The van der Waals surface area contributed by atoms with Crippen molar-refractivity contribution in [3.63, 3.8) is 0 Å². The van der Waals surface area contributed by atoms with E-state index in [1.54, 1.807) is 12.1 Å². The number of carbonyl (C=O) groups excluding carboxylic acids is 1. The van der Waals surface area contributed by atoms with E-state index in [0.29, 0.717) is 12.0 Å². The van der Waals surface area contributed by atoms with E-state index in [4.69, 9.17) is 5.11 Å². The lowest BCUT2D eigenvalue weighted by Crippen LogP contribution is -2.33. The second kappa shape index (κ2) is 7.51. The molecule has 0 aliphatic carbocycles. The summed E-state index contributed by atoms with van der Waals surface area (Å²) in [7, 11) is 0. The Balaban J connectivity index is 2.47. The molecule has 0 bridgehead atoms. The Morgan fingerprint density at radius 2 is 2.05 bits per heavy atom. The van der Waals surface area contributed by atoms with Crippen molar-refractivity contribution < 1.29 is 19.1 Å². The molecule has 1 amide bonds. The number of hydrogen-bond donors (Lipinski definition) is 2. The van der Waals surface area contributed by atoms with Crippen molar-refractivity contribution in [2.75, 3.05) is 6.54 Å². The van der Waals surface area contributed by atoms with E-state index >= 15 is 0 Å². The van der Waals surface area contributed by atoms with Gasteiger partial charge >= 0.3 is 5.97 Å². The first-order chi connectivity index (χ1) is 9.04. The van der Waals surface area contributed by atoms with E-state index < -0.39 is 17.7 Å². The largest absolute Gasteiger partial charge is 0.481 e. The van der Waals surface area contributed by atoms with E-state index in [2.05, 4.69) is 5.32 Å². The minimum absolute atomic E-state index is 0.0782. The SMILES string of the molecule is CCCC(CNC(=O)Cc1ccccc1F)C(=O)O. The van der Waals surface area contributed by atoms with E-state index in [9.17, 15) is 14.0 Å². The summed E-state index contributed by atoms with van der Waals surface area (Å²) in [5.74, 6) is -2.31. The first-order valence-corrected chi connectivity index (χ1v) is 6.27. The van der Waals surface area contributed by atoms with Crippen LogP contribution in [-0.2, 0) is 16.0 Å². The third kappa shape index (κ3) is 5.07. The summed E-state index contributed by atoms with van der Waals surface area (Å²) in [6, 6.07) is 6.04. The molecule has 1 atom stereocenters. The number of nitrogens with one attached hydrogen (secondary N) is 1. The van der Waals surface area contributed by atoms with Crippen LogP contribution >= 0.6 is 0 Å². The monoisotopic (exact) mass is 267 g/mol. The van der Waals surface area contributed by atoms with Crippen LogP contribution in [0.15, 0.2) is 24.3 Å². The number of carbonyl (C=O) groups is 2. The van der Waals surface area contributed by atoms with Gasteiger partial charge in [-0.15, -0.1) is 0 Å². The zero-order valence-corrected chi connectivity index (χ0v) is 10.9. The van der Waals surface area contributed by atoms with Crippen molar-refractivity contribution in [3.8, 4) is 0 Å². The van der Waals surface area contributed by atoms with Gasteiger partial charge in [-0.2, -0.15) is 0 Å².